The van der Waals surface area contributed by atoms with Gasteiger partial charge in [-0.1, -0.05) is 31.6 Å². The third-order valence-electron chi connectivity index (χ3n) is 4.65. The Morgan fingerprint density at radius 1 is 1.25 bits per heavy atom. The number of likely N-dealkylation sites (N-methyl/N-ethyl adjacent to an activating group) is 1. The Hall–Kier alpha value is -2.44. The molecule has 1 aromatic carbocycles. The van der Waals surface area contributed by atoms with Crippen LogP contribution in [-0.4, -0.2) is 34.3 Å². The number of carbonyl (C=O) groups is 1. The molecule has 0 spiro atoms. The van der Waals surface area contributed by atoms with Crippen LogP contribution >= 0.6 is 0 Å². The third kappa shape index (κ3) is 6.62. The van der Waals surface area contributed by atoms with Crippen LogP contribution in [0.3, 0.4) is 0 Å². The highest BCUT2D eigenvalue weighted by atomic mass is 16.5. The van der Waals surface area contributed by atoms with Gasteiger partial charge in [-0.25, -0.2) is 10.5 Å². The van der Waals surface area contributed by atoms with Crippen molar-refractivity contribution in [3.63, 3.8) is 0 Å². The lowest BCUT2D eigenvalue weighted by Crippen LogP contribution is -2.16. The molecule has 1 amide bonds. The molecule has 6 heteroatoms. The molecule has 0 unspecified atom stereocenters. The maximum Gasteiger partial charge on any atom is 0.267 e. The Bertz CT molecular complexity index is 808. The van der Waals surface area contributed by atoms with Crippen molar-refractivity contribution in [2.75, 3.05) is 13.6 Å². The van der Waals surface area contributed by atoms with E-state index >= 15 is 0 Å². The lowest BCUT2D eigenvalue weighted by Gasteiger charge is -2.09. The van der Waals surface area contributed by atoms with Crippen molar-refractivity contribution >= 4 is 23.0 Å². The second-order valence-corrected chi connectivity index (χ2v) is 6.82. The number of unbranched alkanes of at least 4 members (excludes halogenated alkanes) is 3. The predicted molar refractivity (Wildman–Crippen MR) is 114 cm³/mol. The highest BCUT2D eigenvalue weighted by Gasteiger charge is 2.10. The summed E-state index contributed by atoms with van der Waals surface area (Å²) in [5, 5.41) is 11.8. The van der Waals surface area contributed by atoms with E-state index < -0.39 is 5.91 Å². The maximum absolute atomic E-state index is 11.2. The predicted octanol–water partition coefficient (Wildman–Crippen LogP) is 3.84. The van der Waals surface area contributed by atoms with Crippen molar-refractivity contribution in [2.45, 2.75) is 52.0 Å². The van der Waals surface area contributed by atoms with Gasteiger partial charge in [0.05, 0.1) is 11.0 Å². The van der Waals surface area contributed by atoms with Crippen LogP contribution in [0, 0.1) is 0 Å². The molecule has 1 heterocycles. The number of benzene rings is 1. The van der Waals surface area contributed by atoms with E-state index in [-0.39, 0.29) is 0 Å². The van der Waals surface area contributed by atoms with Crippen LogP contribution < -0.4 is 10.8 Å². The van der Waals surface area contributed by atoms with Gasteiger partial charge in [0.2, 0.25) is 0 Å². The minimum atomic E-state index is -0.547. The largest absolute Gasteiger partial charge is 0.327 e. The summed E-state index contributed by atoms with van der Waals surface area (Å²) in [6.07, 6.45) is 14.2. The number of rotatable bonds is 12. The van der Waals surface area contributed by atoms with Gasteiger partial charge in [-0.3, -0.25) is 10.0 Å². The fourth-order valence-electron chi connectivity index (χ4n) is 3.18. The van der Waals surface area contributed by atoms with Crippen molar-refractivity contribution in [3.8, 4) is 0 Å². The minimum Gasteiger partial charge on any atom is -0.327 e. The molecule has 28 heavy (non-hydrogen) atoms. The number of hydrogen-bond acceptors (Lipinski definition) is 4. The molecule has 0 aliphatic heterocycles. The highest BCUT2D eigenvalue weighted by molar-refractivity contribution is 5.91. The fraction of sp³-hybridized carbons (Fsp3) is 0.455. The van der Waals surface area contributed by atoms with Crippen LogP contribution in [0.25, 0.3) is 17.1 Å². The summed E-state index contributed by atoms with van der Waals surface area (Å²) in [7, 11) is 1.96. The summed E-state index contributed by atoms with van der Waals surface area (Å²) < 4.78 is 2.29. The molecule has 0 aliphatic rings. The smallest absolute Gasteiger partial charge is 0.267 e. The Morgan fingerprint density at radius 2 is 2.11 bits per heavy atom. The van der Waals surface area contributed by atoms with Crippen molar-refractivity contribution in [3.05, 3.63) is 47.8 Å². The van der Waals surface area contributed by atoms with E-state index in [0.29, 0.717) is 0 Å². The van der Waals surface area contributed by atoms with E-state index in [0.717, 1.165) is 61.2 Å². The number of carbonyl (C=O) groups excluding carboxylic acids is 1. The second-order valence-electron chi connectivity index (χ2n) is 6.82. The average molecular weight is 385 g/mol. The van der Waals surface area contributed by atoms with Gasteiger partial charge >= 0.3 is 0 Å². The number of hydrogen-bond donors (Lipinski definition) is 3. The third-order valence-corrected chi connectivity index (χ3v) is 4.65. The Kier molecular flexibility index (Phi) is 9.45. The van der Waals surface area contributed by atoms with Crippen LogP contribution in [0.1, 0.15) is 50.4 Å². The van der Waals surface area contributed by atoms with Gasteiger partial charge in [-0.05, 0) is 56.5 Å². The zero-order valence-corrected chi connectivity index (χ0v) is 16.9. The van der Waals surface area contributed by atoms with Crippen LogP contribution in [-0.2, 0) is 17.8 Å². The number of amides is 1. The molecular weight excluding hydrogens is 352 g/mol. The molecule has 2 rings (SSSR count). The molecule has 152 valence electrons. The number of nitrogens with zero attached hydrogens (tertiary/aromatic N) is 2. The van der Waals surface area contributed by atoms with Crippen LogP contribution in [0.4, 0.5) is 0 Å². The number of fused-ring (bicyclic) bond motifs is 1. The quantitative estimate of drug-likeness (QED) is 0.171. The van der Waals surface area contributed by atoms with E-state index in [2.05, 4.69) is 29.0 Å². The van der Waals surface area contributed by atoms with E-state index in [1.165, 1.54) is 18.9 Å². The van der Waals surface area contributed by atoms with E-state index in [1.54, 1.807) is 11.6 Å². The number of imidazole rings is 1. The molecule has 0 saturated heterocycles. The van der Waals surface area contributed by atoms with Crippen LogP contribution in [0.15, 0.2) is 36.4 Å². The molecule has 0 atom stereocenters. The summed E-state index contributed by atoms with van der Waals surface area (Å²) in [6, 6.07) is 5.99. The van der Waals surface area contributed by atoms with Crippen LogP contribution in [0.5, 0.6) is 0 Å². The first-order valence-electron chi connectivity index (χ1n) is 10.1. The molecule has 0 bridgehead atoms. The molecule has 0 saturated carbocycles. The summed E-state index contributed by atoms with van der Waals surface area (Å²) >= 11 is 0. The fourth-order valence-corrected chi connectivity index (χ4v) is 3.18. The first-order chi connectivity index (χ1) is 13.7. The zero-order valence-electron chi connectivity index (χ0n) is 16.9. The highest BCUT2D eigenvalue weighted by Crippen LogP contribution is 2.20. The summed E-state index contributed by atoms with van der Waals surface area (Å²) in [5.74, 6) is 0.567. The molecule has 6 nitrogen and oxygen atoms in total. The normalized spacial score (nSPS) is 11.8. The van der Waals surface area contributed by atoms with Crippen molar-refractivity contribution in [1.29, 1.82) is 0 Å². The van der Waals surface area contributed by atoms with E-state index in [1.807, 2.05) is 25.2 Å². The Labute approximate surface area is 167 Å². The average Bonchev–Trinajstić information content (AvgIpc) is 3.06. The van der Waals surface area contributed by atoms with Gasteiger partial charge in [-0.2, -0.15) is 0 Å². The molecular formula is C22H32N4O2. The topological polar surface area (TPSA) is 79.2 Å². The van der Waals surface area contributed by atoms with Gasteiger partial charge in [-0.15, -0.1) is 0 Å². The standard InChI is InChI=1S/C22H32N4O2/c1-3-4-5-6-7-8-9-10-21-24-19-17-18(12-14-22(27)25-28)11-13-20(19)26(21)16-15-23-2/h4-5,11-14,17,23,28H,3,6-10,15-16H2,1-2H3,(H,25,27). The second kappa shape index (κ2) is 12.1. The zero-order chi connectivity index (χ0) is 20.2. The lowest BCUT2D eigenvalue weighted by atomic mass is 10.1. The number of allylic oxidation sites excluding steroid dienone is 2. The van der Waals surface area contributed by atoms with E-state index in [9.17, 15) is 4.79 Å². The first kappa shape index (κ1) is 21.9. The lowest BCUT2D eigenvalue weighted by molar-refractivity contribution is -0.124. The van der Waals surface area contributed by atoms with Gasteiger partial charge in [0.1, 0.15) is 5.82 Å². The van der Waals surface area contributed by atoms with Crippen molar-refractivity contribution in [1.82, 2.24) is 20.3 Å². The maximum atomic E-state index is 11.2. The van der Waals surface area contributed by atoms with Gasteiger partial charge in [0, 0.05) is 25.6 Å². The molecule has 0 aliphatic carbocycles. The first-order valence-corrected chi connectivity index (χ1v) is 10.1. The Balaban J connectivity index is 2.10. The summed E-state index contributed by atoms with van der Waals surface area (Å²) in [6.45, 7) is 3.93. The van der Waals surface area contributed by atoms with Gasteiger partial charge in [0.25, 0.3) is 5.91 Å². The van der Waals surface area contributed by atoms with Gasteiger partial charge in [0.15, 0.2) is 0 Å². The molecule has 2 aromatic rings. The Morgan fingerprint density at radius 3 is 2.86 bits per heavy atom. The molecule has 1 aromatic heterocycles. The van der Waals surface area contributed by atoms with Gasteiger partial charge < -0.3 is 9.88 Å². The number of aryl methyl sites for hydroxylation is 1. The minimum absolute atomic E-state index is 0.547. The van der Waals surface area contributed by atoms with Crippen molar-refractivity contribution < 1.29 is 10.0 Å². The SMILES string of the molecule is CCC=CCCCCCc1nc2cc(C=CC(=O)NO)ccc2n1CCNC. The molecule has 0 fully saturated rings. The van der Waals surface area contributed by atoms with E-state index in [4.69, 9.17) is 10.2 Å². The molecule has 0 radical (unpaired) electrons. The number of hydroxylamine groups is 1. The number of aromatic nitrogens is 2. The molecule has 3 N–H and O–H groups in total. The van der Waals surface area contributed by atoms with Crippen LogP contribution in [0.2, 0.25) is 0 Å². The monoisotopic (exact) mass is 384 g/mol. The number of nitrogens with one attached hydrogen (secondary N) is 2. The summed E-state index contributed by atoms with van der Waals surface area (Å²) in [4.78, 5) is 16.0. The summed E-state index contributed by atoms with van der Waals surface area (Å²) in [5.41, 5.74) is 4.52. The van der Waals surface area contributed by atoms with Crippen molar-refractivity contribution in [2.24, 2.45) is 0 Å².